The Morgan fingerprint density at radius 1 is 0.600 bits per heavy atom. The minimum Gasteiger partial charge on any atom is -0.261 e. The van der Waals surface area contributed by atoms with Crippen LogP contribution >= 0.6 is 0 Å². The second-order valence-electron chi connectivity index (χ2n) is 7.60. The maximum Gasteiger partial charge on any atom is 0.0481 e. The average molecular weight is 386 g/mol. The van der Waals surface area contributed by atoms with Crippen molar-refractivity contribution in [2.24, 2.45) is 0 Å². The van der Waals surface area contributed by atoms with Crippen molar-refractivity contribution in [2.75, 3.05) is 0 Å². The van der Waals surface area contributed by atoms with Crippen LogP contribution in [0, 0.1) is 0 Å². The molecular formula is C29H23N. The van der Waals surface area contributed by atoms with Crippen LogP contribution < -0.4 is 0 Å². The normalized spacial score (nSPS) is 12.0. The van der Waals surface area contributed by atoms with Gasteiger partial charge < -0.3 is 0 Å². The molecule has 0 bridgehead atoms. The van der Waals surface area contributed by atoms with Crippen molar-refractivity contribution in [2.45, 2.75) is 12.3 Å². The lowest BCUT2D eigenvalue weighted by molar-refractivity contribution is 0.779. The summed E-state index contributed by atoms with van der Waals surface area (Å²) in [6, 6.07) is 40.9. The van der Waals surface area contributed by atoms with E-state index in [2.05, 4.69) is 109 Å². The maximum absolute atomic E-state index is 4.77. The molecule has 0 aliphatic rings. The van der Waals surface area contributed by atoms with Gasteiger partial charge in [-0.2, -0.15) is 0 Å². The molecule has 5 aromatic rings. The van der Waals surface area contributed by atoms with E-state index in [9.17, 15) is 0 Å². The summed E-state index contributed by atoms with van der Waals surface area (Å²) < 4.78 is 0. The second kappa shape index (κ2) is 8.34. The summed E-state index contributed by atoms with van der Waals surface area (Å²) >= 11 is 0. The lowest BCUT2D eigenvalue weighted by atomic mass is 9.83. The molecule has 0 amide bonds. The number of fused-ring (bicyclic) bond motifs is 1. The number of aromatic nitrogens is 1. The molecule has 0 N–H and O–H groups in total. The molecule has 1 heterocycles. The third-order valence-corrected chi connectivity index (χ3v) is 5.77. The van der Waals surface area contributed by atoms with E-state index >= 15 is 0 Å². The van der Waals surface area contributed by atoms with E-state index in [1.54, 1.807) is 0 Å². The van der Waals surface area contributed by atoms with E-state index < -0.39 is 0 Å². The van der Waals surface area contributed by atoms with Gasteiger partial charge >= 0.3 is 0 Å². The van der Waals surface area contributed by atoms with Crippen molar-refractivity contribution in [3.63, 3.8) is 0 Å². The van der Waals surface area contributed by atoms with Gasteiger partial charge in [-0.25, -0.2) is 0 Å². The smallest absolute Gasteiger partial charge is 0.0481 e. The van der Waals surface area contributed by atoms with Gasteiger partial charge in [-0.1, -0.05) is 103 Å². The second-order valence-corrected chi connectivity index (χ2v) is 7.60. The molecule has 30 heavy (non-hydrogen) atoms. The van der Waals surface area contributed by atoms with Crippen LogP contribution in [-0.4, -0.2) is 4.98 Å². The lowest BCUT2D eigenvalue weighted by Gasteiger charge is -2.21. The fourth-order valence-corrected chi connectivity index (χ4v) is 4.33. The predicted molar refractivity (Wildman–Crippen MR) is 126 cm³/mol. The third kappa shape index (κ3) is 3.62. The Labute approximate surface area is 177 Å². The van der Waals surface area contributed by atoms with Gasteiger partial charge in [-0.15, -0.1) is 0 Å². The molecule has 0 spiro atoms. The predicted octanol–water partition coefficient (Wildman–Crippen LogP) is 7.28. The van der Waals surface area contributed by atoms with Crippen LogP contribution in [0.4, 0.5) is 0 Å². The van der Waals surface area contributed by atoms with Crippen LogP contribution in [0.25, 0.3) is 21.9 Å². The monoisotopic (exact) mass is 385 g/mol. The van der Waals surface area contributed by atoms with Crippen LogP contribution in [0.5, 0.6) is 0 Å². The van der Waals surface area contributed by atoms with Gasteiger partial charge in [-0.3, -0.25) is 4.98 Å². The topological polar surface area (TPSA) is 12.9 Å². The summed E-state index contributed by atoms with van der Waals surface area (Å²) in [7, 11) is 0. The van der Waals surface area contributed by atoms with E-state index in [4.69, 9.17) is 4.98 Å². The van der Waals surface area contributed by atoms with Gasteiger partial charge in [0, 0.05) is 17.8 Å². The van der Waals surface area contributed by atoms with Crippen LogP contribution in [0.15, 0.2) is 121 Å². The molecule has 4 aromatic carbocycles. The van der Waals surface area contributed by atoms with Crippen molar-refractivity contribution in [1.82, 2.24) is 4.98 Å². The third-order valence-electron chi connectivity index (χ3n) is 5.77. The van der Waals surface area contributed by atoms with E-state index in [0.29, 0.717) is 0 Å². The van der Waals surface area contributed by atoms with Gasteiger partial charge in [0.1, 0.15) is 0 Å². The Kier molecular flexibility index (Phi) is 5.10. The van der Waals surface area contributed by atoms with Gasteiger partial charge in [0.05, 0.1) is 0 Å². The Morgan fingerprint density at radius 3 is 2.20 bits per heavy atom. The standard InChI is InChI=1S/C29H23N/c1-2-11-23(12-3-1)26-17-6-7-18-27(26)28(29-19-8-9-20-30-29)21-24-15-10-14-22-13-4-5-16-25(22)24/h1-20,28H,21H2. The van der Waals surface area contributed by atoms with Crippen molar-refractivity contribution < 1.29 is 0 Å². The maximum atomic E-state index is 4.77. The number of hydrogen-bond acceptors (Lipinski definition) is 1. The summed E-state index contributed by atoms with van der Waals surface area (Å²) in [5.41, 5.74) is 6.29. The summed E-state index contributed by atoms with van der Waals surface area (Å²) in [5, 5.41) is 2.60. The Bertz CT molecular complexity index is 1250. The molecule has 1 aromatic heterocycles. The van der Waals surface area contributed by atoms with Gasteiger partial charge in [-0.05, 0) is 51.6 Å². The molecule has 1 heteroatoms. The van der Waals surface area contributed by atoms with Gasteiger partial charge in [0.2, 0.25) is 0 Å². The van der Waals surface area contributed by atoms with E-state index in [-0.39, 0.29) is 5.92 Å². The van der Waals surface area contributed by atoms with E-state index in [0.717, 1.165) is 12.1 Å². The Hall–Kier alpha value is -3.71. The first-order chi connectivity index (χ1) is 14.9. The zero-order valence-electron chi connectivity index (χ0n) is 16.8. The molecule has 0 fully saturated rings. The lowest BCUT2D eigenvalue weighted by Crippen LogP contribution is -2.09. The van der Waals surface area contributed by atoms with Crippen molar-refractivity contribution in [3.05, 3.63) is 138 Å². The minimum absolute atomic E-state index is 0.174. The largest absolute Gasteiger partial charge is 0.261 e. The van der Waals surface area contributed by atoms with Crippen LogP contribution in [0.3, 0.4) is 0 Å². The van der Waals surface area contributed by atoms with Crippen molar-refractivity contribution in [1.29, 1.82) is 0 Å². The molecule has 0 aliphatic carbocycles. The first kappa shape index (κ1) is 18.3. The molecule has 1 nitrogen and oxygen atoms in total. The van der Waals surface area contributed by atoms with Crippen molar-refractivity contribution in [3.8, 4) is 11.1 Å². The Balaban J connectivity index is 1.67. The number of rotatable bonds is 5. The average Bonchev–Trinajstić information content (AvgIpc) is 2.84. The molecule has 0 saturated heterocycles. The summed E-state index contributed by atoms with van der Waals surface area (Å²) in [6.07, 6.45) is 2.80. The minimum atomic E-state index is 0.174. The fraction of sp³-hybridized carbons (Fsp3) is 0.0690. The highest BCUT2D eigenvalue weighted by molar-refractivity contribution is 5.85. The molecule has 0 radical (unpaired) electrons. The van der Waals surface area contributed by atoms with E-state index in [1.165, 1.54) is 33.0 Å². The molecule has 1 atom stereocenters. The van der Waals surface area contributed by atoms with Crippen molar-refractivity contribution >= 4 is 10.8 Å². The number of nitrogens with zero attached hydrogens (tertiary/aromatic N) is 1. The van der Waals surface area contributed by atoms with Crippen LogP contribution in [0.1, 0.15) is 22.7 Å². The SMILES string of the molecule is c1ccc(-c2ccccc2C(Cc2cccc3ccccc23)c2ccccn2)cc1. The highest BCUT2D eigenvalue weighted by Gasteiger charge is 2.20. The number of hydrogen-bond donors (Lipinski definition) is 0. The highest BCUT2D eigenvalue weighted by atomic mass is 14.7. The highest BCUT2D eigenvalue weighted by Crippen LogP contribution is 2.36. The molecule has 0 saturated carbocycles. The fourth-order valence-electron chi connectivity index (χ4n) is 4.33. The van der Waals surface area contributed by atoms with E-state index in [1.807, 2.05) is 12.3 Å². The summed E-state index contributed by atoms with van der Waals surface area (Å²) in [4.78, 5) is 4.77. The molecular weight excluding hydrogens is 362 g/mol. The molecule has 5 rings (SSSR count). The summed E-state index contributed by atoms with van der Waals surface area (Å²) in [6.45, 7) is 0. The van der Waals surface area contributed by atoms with Crippen LogP contribution in [0.2, 0.25) is 0 Å². The molecule has 144 valence electrons. The number of pyridine rings is 1. The van der Waals surface area contributed by atoms with Crippen LogP contribution in [-0.2, 0) is 6.42 Å². The Morgan fingerprint density at radius 2 is 1.33 bits per heavy atom. The first-order valence-corrected chi connectivity index (χ1v) is 10.4. The van der Waals surface area contributed by atoms with Gasteiger partial charge in [0.15, 0.2) is 0 Å². The molecule has 0 aliphatic heterocycles. The zero-order chi connectivity index (χ0) is 20.2. The first-order valence-electron chi connectivity index (χ1n) is 10.4. The molecule has 1 unspecified atom stereocenters. The number of benzene rings is 4. The summed E-state index contributed by atoms with van der Waals surface area (Å²) in [5.74, 6) is 0.174. The quantitative estimate of drug-likeness (QED) is 0.310. The zero-order valence-corrected chi connectivity index (χ0v) is 16.8. The van der Waals surface area contributed by atoms with Gasteiger partial charge in [0.25, 0.3) is 0 Å².